The molecular formula is C20H23Cl2NO4. The molecule has 0 radical (unpaired) electrons. The number of para-hydroxylation sites is 1. The summed E-state index contributed by atoms with van der Waals surface area (Å²) < 4.78 is 16.4. The number of β-amino-alcohol motifs (C(OH)–C–C–N with tert-alkyl or cyclic N) is 1. The minimum atomic E-state index is -0.654. The van der Waals surface area contributed by atoms with Crippen LogP contribution in [0.2, 0.25) is 10.0 Å². The Balaban J connectivity index is 1.59. The van der Waals surface area contributed by atoms with Crippen LogP contribution < -0.4 is 14.2 Å². The van der Waals surface area contributed by atoms with Gasteiger partial charge in [-0.1, -0.05) is 29.3 Å². The highest BCUT2D eigenvalue weighted by Gasteiger charge is 2.22. The molecular weight excluding hydrogens is 389 g/mol. The first-order chi connectivity index (χ1) is 13.0. The first kappa shape index (κ1) is 20.1. The van der Waals surface area contributed by atoms with E-state index in [1.807, 2.05) is 12.1 Å². The number of nitrogens with zero attached hydrogens (tertiary/aromatic N) is 1. The van der Waals surface area contributed by atoms with Crippen molar-refractivity contribution in [2.75, 3.05) is 33.9 Å². The van der Waals surface area contributed by atoms with Crippen LogP contribution in [0, 0.1) is 0 Å². The Morgan fingerprint density at radius 2 is 1.70 bits per heavy atom. The van der Waals surface area contributed by atoms with Crippen molar-refractivity contribution >= 4 is 23.2 Å². The summed E-state index contributed by atoms with van der Waals surface area (Å²) in [4.78, 5) is 2.19. The van der Waals surface area contributed by atoms with Gasteiger partial charge in [0.1, 0.15) is 12.7 Å². The summed E-state index contributed by atoms with van der Waals surface area (Å²) in [6.07, 6.45) is 0.235. The van der Waals surface area contributed by atoms with Crippen LogP contribution in [-0.4, -0.2) is 50.0 Å². The largest absolute Gasteiger partial charge is 0.493 e. The van der Waals surface area contributed by atoms with Gasteiger partial charge in [0, 0.05) is 19.6 Å². The van der Waals surface area contributed by atoms with Crippen molar-refractivity contribution in [1.29, 1.82) is 0 Å². The van der Waals surface area contributed by atoms with Crippen LogP contribution >= 0.6 is 23.2 Å². The molecule has 1 atom stereocenters. The lowest BCUT2D eigenvalue weighted by molar-refractivity contribution is 0.0638. The normalized spacial score (nSPS) is 15.1. The maximum atomic E-state index is 10.4. The van der Waals surface area contributed by atoms with Crippen molar-refractivity contribution in [3.05, 3.63) is 51.5 Å². The van der Waals surface area contributed by atoms with E-state index < -0.39 is 6.10 Å². The number of halogens is 2. The van der Waals surface area contributed by atoms with Crippen LogP contribution in [0.1, 0.15) is 11.1 Å². The summed E-state index contributed by atoms with van der Waals surface area (Å²) in [5.74, 6) is 1.87. The van der Waals surface area contributed by atoms with Gasteiger partial charge in [-0.05, 0) is 41.8 Å². The van der Waals surface area contributed by atoms with Crippen molar-refractivity contribution in [3.8, 4) is 17.2 Å². The van der Waals surface area contributed by atoms with E-state index in [1.54, 1.807) is 32.4 Å². The molecule has 1 aliphatic heterocycles. The number of fused-ring (bicyclic) bond motifs is 1. The zero-order valence-corrected chi connectivity index (χ0v) is 16.9. The number of hydrogen-bond donors (Lipinski definition) is 1. The molecule has 0 fully saturated rings. The highest BCUT2D eigenvalue weighted by Crippen LogP contribution is 2.34. The van der Waals surface area contributed by atoms with Crippen LogP contribution in [-0.2, 0) is 13.0 Å². The predicted octanol–water partition coefficient (Wildman–Crippen LogP) is 3.81. The Bertz CT molecular complexity index is 780. The van der Waals surface area contributed by atoms with E-state index in [9.17, 15) is 5.11 Å². The molecule has 1 aliphatic rings. The van der Waals surface area contributed by atoms with Crippen LogP contribution in [0.5, 0.6) is 17.2 Å². The highest BCUT2D eigenvalue weighted by molar-refractivity contribution is 6.37. The van der Waals surface area contributed by atoms with Crippen molar-refractivity contribution in [2.24, 2.45) is 0 Å². The van der Waals surface area contributed by atoms with Gasteiger partial charge in [0.25, 0.3) is 0 Å². The third kappa shape index (κ3) is 4.79. The predicted molar refractivity (Wildman–Crippen MR) is 106 cm³/mol. The zero-order chi connectivity index (χ0) is 19.4. The molecule has 5 nitrogen and oxygen atoms in total. The molecule has 0 saturated carbocycles. The highest BCUT2D eigenvalue weighted by atomic mass is 35.5. The molecule has 1 heterocycles. The van der Waals surface area contributed by atoms with Gasteiger partial charge in [-0.3, -0.25) is 4.90 Å². The number of aliphatic hydroxyl groups excluding tert-OH is 1. The second-order valence-corrected chi connectivity index (χ2v) is 7.29. The van der Waals surface area contributed by atoms with E-state index >= 15 is 0 Å². The Morgan fingerprint density at radius 1 is 1.07 bits per heavy atom. The number of hydrogen-bond acceptors (Lipinski definition) is 5. The topological polar surface area (TPSA) is 51.2 Å². The zero-order valence-electron chi connectivity index (χ0n) is 15.4. The molecule has 1 N–H and O–H groups in total. The second-order valence-electron chi connectivity index (χ2n) is 6.48. The number of rotatable bonds is 7. The van der Waals surface area contributed by atoms with Gasteiger partial charge in [-0.15, -0.1) is 0 Å². The number of aliphatic hydroxyl groups is 1. The standard InChI is InChI=1S/C20H23Cl2NO4/c1-25-18-8-13-6-7-23(10-14(13)9-19(18)26-2)11-15(24)12-27-20-16(21)4-3-5-17(20)22/h3-5,8-9,15,24H,6-7,10-12H2,1-2H3. The smallest absolute Gasteiger partial charge is 0.161 e. The Morgan fingerprint density at radius 3 is 2.33 bits per heavy atom. The fourth-order valence-corrected chi connectivity index (χ4v) is 3.75. The molecule has 146 valence electrons. The summed E-state index contributed by atoms with van der Waals surface area (Å²) in [5.41, 5.74) is 2.43. The molecule has 1 unspecified atom stereocenters. The third-order valence-corrected chi connectivity index (χ3v) is 5.20. The first-order valence-corrected chi connectivity index (χ1v) is 9.48. The summed E-state index contributed by atoms with van der Waals surface area (Å²) >= 11 is 12.2. The molecule has 0 amide bonds. The van der Waals surface area contributed by atoms with E-state index in [0.717, 1.165) is 31.0 Å². The Labute approximate surface area is 169 Å². The molecule has 3 rings (SSSR count). The van der Waals surface area contributed by atoms with Crippen molar-refractivity contribution in [3.63, 3.8) is 0 Å². The van der Waals surface area contributed by atoms with Gasteiger partial charge >= 0.3 is 0 Å². The van der Waals surface area contributed by atoms with Gasteiger partial charge in [-0.2, -0.15) is 0 Å². The Kier molecular flexibility index (Phi) is 6.71. The maximum Gasteiger partial charge on any atom is 0.161 e. The van der Waals surface area contributed by atoms with Crippen LogP contribution in [0.4, 0.5) is 0 Å². The molecule has 0 spiro atoms. The lowest BCUT2D eigenvalue weighted by atomic mass is 9.98. The monoisotopic (exact) mass is 411 g/mol. The Hall–Kier alpha value is -1.66. The van der Waals surface area contributed by atoms with Crippen molar-refractivity contribution in [2.45, 2.75) is 19.1 Å². The lowest BCUT2D eigenvalue weighted by Crippen LogP contribution is -2.38. The molecule has 0 saturated heterocycles. The molecule has 2 aromatic carbocycles. The summed E-state index contributed by atoms with van der Waals surface area (Å²) in [7, 11) is 3.27. The fourth-order valence-electron chi connectivity index (χ4n) is 3.25. The molecule has 0 aromatic heterocycles. The van der Waals surface area contributed by atoms with E-state index in [1.165, 1.54) is 11.1 Å². The van der Waals surface area contributed by atoms with E-state index in [-0.39, 0.29) is 6.61 Å². The average Bonchev–Trinajstić information content (AvgIpc) is 2.66. The maximum absolute atomic E-state index is 10.4. The van der Waals surface area contributed by atoms with Crippen LogP contribution in [0.25, 0.3) is 0 Å². The van der Waals surface area contributed by atoms with E-state index in [4.69, 9.17) is 37.4 Å². The molecule has 0 aliphatic carbocycles. The number of ether oxygens (including phenoxy) is 3. The fraction of sp³-hybridized carbons (Fsp3) is 0.400. The van der Waals surface area contributed by atoms with E-state index in [0.29, 0.717) is 22.3 Å². The van der Waals surface area contributed by atoms with Crippen molar-refractivity contribution in [1.82, 2.24) is 4.90 Å². The van der Waals surface area contributed by atoms with Crippen LogP contribution in [0.15, 0.2) is 30.3 Å². The summed E-state index contributed by atoms with van der Waals surface area (Å²) in [5, 5.41) is 11.2. The molecule has 2 aromatic rings. The quantitative estimate of drug-likeness (QED) is 0.750. The van der Waals surface area contributed by atoms with E-state index in [2.05, 4.69) is 4.90 Å². The number of benzene rings is 2. The van der Waals surface area contributed by atoms with Crippen molar-refractivity contribution < 1.29 is 19.3 Å². The summed E-state index contributed by atoms with van der Waals surface area (Å²) in [6.45, 7) is 2.21. The van der Waals surface area contributed by atoms with Gasteiger partial charge in [0.15, 0.2) is 17.2 Å². The van der Waals surface area contributed by atoms with Crippen LogP contribution in [0.3, 0.4) is 0 Å². The van der Waals surface area contributed by atoms with Gasteiger partial charge < -0.3 is 19.3 Å². The minimum absolute atomic E-state index is 0.124. The number of methoxy groups -OCH3 is 2. The average molecular weight is 412 g/mol. The first-order valence-electron chi connectivity index (χ1n) is 8.72. The second kappa shape index (κ2) is 9.02. The molecule has 27 heavy (non-hydrogen) atoms. The summed E-state index contributed by atoms with van der Waals surface area (Å²) in [6, 6.07) is 9.20. The SMILES string of the molecule is COc1cc2c(cc1OC)CN(CC(O)COc1c(Cl)cccc1Cl)CC2. The van der Waals surface area contributed by atoms with Gasteiger partial charge in [0.2, 0.25) is 0 Å². The molecule has 0 bridgehead atoms. The van der Waals surface area contributed by atoms with Gasteiger partial charge in [-0.25, -0.2) is 0 Å². The molecule has 7 heteroatoms. The van der Waals surface area contributed by atoms with Gasteiger partial charge in [0.05, 0.1) is 24.3 Å². The lowest BCUT2D eigenvalue weighted by Gasteiger charge is -2.31. The minimum Gasteiger partial charge on any atom is -0.493 e. The third-order valence-electron chi connectivity index (χ3n) is 4.61.